The van der Waals surface area contributed by atoms with Gasteiger partial charge in [0.25, 0.3) is 11.5 Å². The van der Waals surface area contributed by atoms with E-state index in [4.69, 9.17) is 0 Å². The number of imidazole rings is 1. The summed E-state index contributed by atoms with van der Waals surface area (Å²) in [5.74, 6) is -0.873. The lowest BCUT2D eigenvalue weighted by Gasteiger charge is -2.34. The molecule has 0 aliphatic rings. The van der Waals surface area contributed by atoms with Gasteiger partial charge in [0.2, 0.25) is 0 Å². The van der Waals surface area contributed by atoms with Crippen molar-refractivity contribution >= 4 is 27.5 Å². The van der Waals surface area contributed by atoms with Crippen molar-refractivity contribution in [2.24, 2.45) is 0 Å². The monoisotopic (exact) mass is 509 g/mol. The van der Waals surface area contributed by atoms with Crippen molar-refractivity contribution in [1.82, 2.24) is 19.7 Å². The normalized spacial score (nSPS) is 12.6. The van der Waals surface area contributed by atoms with E-state index < -0.39 is 35.1 Å². The number of hydrogen-bond donors (Lipinski definition) is 2. The van der Waals surface area contributed by atoms with Crippen LogP contribution in [0.1, 0.15) is 16.1 Å². The molecule has 0 bridgehead atoms. The van der Waals surface area contributed by atoms with Crippen molar-refractivity contribution in [2.75, 3.05) is 5.32 Å². The minimum Gasteiger partial charge on any atom is -0.369 e. The van der Waals surface area contributed by atoms with Gasteiger partial charge in [0.15, 0.2) is 11.5 Å². The maximum Gasteiger partial charge on any atom is 0.430 e. The van der Waals surface area contributed by atoms with E-state index in [0.29, 0.717) is 6.07 Å². The number of anilines is 1. The van der Waals surface area contributed by atoms with Crippen LogP contribution in [0.5, 0.6) is 0 Å². The fourth-order valence-electron chi connectivity index (χ4n) is 2.56. The summed E-state index contributed by atoms with van der Waals surface area (Å²) < 4.78 is 81.1. The highest BCUT2D eigenvalue weighted by Crippen LogP contribution is 2.52. The van der Waals surface area contributed by atoms with Gasteiger partial charge >= 0.3 is 12.4 Å². The molecular formula is C17H10BrF6N5O2. The molecule has 3 rings (SSSR count). The molecule has 0 aliphatic carbocycles. The largest absolute Gasteiger partial charge is 0.430 e. The third-order valence-electron chi connectivity index (χ3n) is 4.09. The van der Waals surface area contributed by atoms with E-state index in [-0.39, 0.29) is 16.0 Å². The number of aliphatic hydroxyl groups is 1. The summed E-state index contributed by atoms with van der Waals surface area (Å²) in [5, 5.41) is 19.0. The maximum absolute atomic E-state index is 13.3. The van der Waals surface area contributed by atoms with E-state index in [0.717, 1.165) is 18.2 Å². The second-order valence-corrected chi connectivity index (χ2v) is 7.01. The zero-order chi connectivity index (χ0) is 23.0. The first kappa shape index (κ1) is 22.7. The molecule has 0 saturated heterocycles. The van der Waals surface area contributed by atoms with Crippen LogP contribution in [-0.2, 0) is 5.60 Å². The molecule has 2 aromatic heterocycles. The van der Waals surface area contributed by atoms with Gasteiger partial charge in [-0.05, 0) is 30.3 Å². The number of rotatable bonds is 4. The molecule has 14 heteroatoms. The zero-order valence-corrected chi connectivity index (χ0v) is 16.5. The number of amides is 1. The average molecular weight is 510 g/mol. The van der Waals surface area contributed by atoms with Crippen molar-refractivity contribution in [2.45, 2.75) is 18.0 Å². The fourth-order valence-corrected chi connectivity index (χ4v) is 2.92. The first-order valence-corrected chi connectivity index (χ1v) is 8.93. The lowest BCUT2D eigenvalue weighted by molar-refractivity contribution is -0.376. The number of halogens is 7. The Hall–Kier alpha value is -3.00. The van der Waals surface area contributed by atoms with E-state index in [9.17, 15) is 36.2 Å². The highest BCUT2D eigenvalue weighted by atomic mass is 79.9. The highest BCUT2D eigenvalue weighted by molar-refractivity contribution is 9.10. The third-order valence-corrected chi connectivity index (χ3v) is 4.59. The van der Waals surface area contributed by atoms with E-state index in [1.54, 1.807) is 0 Å². The van der Waals surface area contributed by atoms with Gasteiger partial charge in [-0.2, -0.15) is 26.3 Å². The molecule has 2 N–H and O–H groups in total. The lowest BCUT2D eigenvalue weighted by Crippen LogP contribution is -2.54. The summed E-state index contributed by atoms with van der Waals surface area (Å²) in [7, 11) is 0. The number of nitrogens with one attached hydrogen (secondary N) is 1. The van der Waals surface area contributed by atoms with Gasteiger partial charge in [0, 0.05) is 28.1 Å². The Morgan fingerprint density at radius 3 is 2.23 bits per heavy atom. The minimum absolute atomic E-state index is 0.183. The van der Waals surface area contributed by atoms with E-state index >= 15 is 0 Å². The van der Waals surface area contributed by atoms with E-state index in [2.05, 4.69) is 31.1 Å². The number of benzene rings is 1. The van der Waals surface area contributed by atoms with Crippen LogP contribution in [-0.4, -0.2) is 43.1 Å². The van der Waals surface area contributed by atoms with Gasteiger partial charge < -0.3 is 10.4 Å². The van der Waals surface area contributed by atoms with Crippen LogP contribution in [0.25, 0.3) is 5.82 Å². The average Bonchev–Trinajstić information content (AvgIpc) is 3.22. The van der Waals surface area contributed by atoms with E-state index in [1.807, 2.05) is 5.32 Å². The van der Waals surface area contributed by atoms with Crippen LogP contribution in [0.4, 0.5) is 32.0 Å². The molecule has 1 amide bonds. The first-order valence-electron chi connectivity index (χ1n) is 8.14. The Kier molecular flexibility index (Phi) is 5.80. The van der Waals surface area contributed by atoms with Gasteiger partial charge in [-0.3, -0.25) is 9.36 Å². The summed E-state index contributed by atoms with van der Waals surface area (Å²) >= 11 is 2.77. The molecular weight excluding hydrogens is 500 g/mol. The van der Waals surface area contributed by atoms with Crippen LogP contribution in [0, 0.1) is 0 Å². The van der Waals surface area contributed by atoms with Crippen LogP contribution in [0.15, 0.2) is 53.5 Å². The van der Waals surface area contributed by atoms with Gasteiger partial charge in [-0.25, -0.2) is 4.98 Å². The molecule has 31 heavy (non-hydrogen) atoms. The Balaban J connectivity index is 1.98. The molecule has 3 aromatic rings. The van der Waals surface area contributed by atoms with Crippen molar-refractivity contribution in [3.05, 3.63) is 64.8 Å². The molecule has 1 aromatic carbocycles. The lowest BCUT2D eigenvalue weighted by atomic mass is 9.90. The van der Waals surface area contributed by atoms with Gasteiger partial charge in [0.1, 0.15) is 6.33 Å². The Bertz CT molecular complexity index is 1070. The fraction of sp³-hybridized carbons (Fsp3) is 0.176. The van der Waals surface area contributed by atoms with Gasteiger partial charge in [0.05, 0.1) is 0 Å². The summed E-state index contributed by atoms with van der Waals surface area (Å²) in [6.45, 7) is 0. The standard InChI is InChI=1S/C17H10BrF6N5O2/c18-9-1-2-11(10(7-9)15(31,16(19,20)21)17(22,23)24)26-14(30)12-3-4-13(28-27-12)29-6-5-25-8-29/h1-8,31H,(H,26,30). The SMILES string of the molecule is O=C(Nc1ccc(Br)cc1C(O)(C(F)(F)F)C(F)(F)F)c1ccc(-n2ccnc2)nn1. The molecule has 0 saturated carbocycles. The first-order chi connectivity index (χ1) is 14.3. The summed E-state index contributed by atoms with van der Waals surface area (Å²) in [6, 6.07) is 4.81. The molecule has 0 spiro atoms. The summed E-state index contributed by atoms with van der Waals surface area (Å²) in [6.07, 6.45) is -7.87. The number of aromatic nitrogens is 4. The number of carbonyl (C=O) groups is 1. The Morgan fingerprint density at radius 1 is 1.03 bits per heavy atom. The highest BCUT2D eigenvalue weighted by Gasteiger charge is 2.72. The molecule has 7 nitrogen and oxygen atoms in total. The van der Waals surface area contributed by atoms with Crippen molar-refractivity contribution in [3.63, 3.8) is 0 Å². The quantitative estimate of drug-likeness (QED) is 0.519. The van der Waals surface area contributed by atoms with Crippen molar-refractivity contribution in [1.29, 1.82) is 0 Å². The topological polar surface area (TPSA) is 92.9 Å². The summed E-state index contributed by atoms with van der Waals surface area (Å²) in [5.41, 5.74) is -8.15. The smallest absolute Gasteiger partial charge is 0.369 e. The molecule has 0 aliphatic heterocycles. The van der Waals surface area contributed by atoms with Crippen molar-refractivity contribution in [3.8, 4) is 5.82 Å². The van der Waals surface area contributed by atoms with Crippen LogP contribution < -0.4 is 5.32 Å². The molecule has 0 atom stereocenters. The zero-order valence-electron chi connectivity index (χ0n) is 14.9. The van der Waals surface area contributed by atoms with Crippen molar-refractivity contribution < 1.29 is 36.2 Å². The molecule has 0 unspecified atom stereocenters. The molecule has 164 valence electrons. The Labute approximate surface area is 177 Å². The number of nitrogens with zero attached hydrogens (tertiary/aromatic N) is 4. The van der Waals surface area contributed by atoms with Gasteiger partial charge in [-0.15, -0.1) is 10.2 Å². The molecule has 0 radical (unpaired) electrons. The molecule has 2 heterocycles. The van der Waals surface area contributed by atoms with E-state index in [1.165, 1.54) is 29.4 Å². The number of alkyl halides is 6. The second-order valence-electron chi connectivity index (χ2n) is 6.10. The molecule has 0 fully saturated rings. The summed E-state index contributed by atoms with van der Waals surface area (Å²) in [4.78, 5) is 16.2. The predicted molar refractivity (Wildman–Crippen MR) is 97.3 cm³/mol. The minimum atomic E-state index is -6.13. The van der Waals surface area contributed by atoms with Crippen LogP contribution in [0.3, 0.4) is 0 Å². The third kappa shape index (κ3) is 4.25. The van der Waals surface area contributed by atoms with Crippen LogP contribution >= 0.6 is 15.9 Å². The predicted octanol–water partition coefficient (Wildman–Crippen LogP) is 3.99. The number of hydrogen-bond acceptors (Lipinski definition) is 5. The number of carbonyl (C=O) groups excluding carboxylic acids is 1. The maximum atomic E-state index is 13.3. The second kappa shape index (κ2) is 7.92. The van der Waals surface area contributed by atoms with Gasteiger partial charge in [-0.1, -0.05) is 15.9 Å². The Morgan fingerprint density at radius 2 is 1.71 bits per heavy atom. The van der Waals surface area contributed by atoms with Crippen LogP contribution in [0.2, 0.25) is 0 Å².